The van der Waals surface area contributed by atoms with Crippen molar-refractivity contribution in [1.82, 2.24) is 15.5 Å². The molecule has 1 atom stereocenters. The number of aromatic nitrogens is 2. The summed E-state index contributed by atoms with van der Waals surface area (Å²) in [4.78, 5) is 28.1. The van der Waals surface area contributed by atoms with Gasteiger partial charge in [0.05, 0.1) is 4.92 Å². The largest absolute Gasteiger partial charge is 0.454 e. The van der Waals surface area contributed by atoms with Crippen molar-refractivity contribution in [3.63, 3.8) is 0 Å². The number of nitrogens with zero attached hydrogens (tertiary/aromatic N) is 3. The summed E-state index contributed by atoms with van der Waals surface area (Å²) in [5.74, 6) is 1.09. The zero-order valence-electron chi connectivity index (χ0n) is 17.7. The monoisotopic (exact) mass is 458 g/mol. The van der Waals surface area contributed by atoms with E-state index in [1.54, 1.807) is 30.3 Å². The molecule has 3 aromatic carbocycles. The number of nitro benzene ring substituents is 1. The first-order valence-corrected chi connectivity index (χ1v) is 10.4. The number of carbonyl (C=O) groups is 1. The van der Waals surface area contributed by atoms with Crippen LogP contribution in [0.1, 0.15) is 27.9 Å². The molecule has 10 heteroatoms. The predicted octanol–water partition coefficient (Wildman–Crippen LogP) is 4.09. The van der Waals surface area contributed by atoms with E-state index in [-0.39, 0.29) is 30.1 Å². The second kappa shape index (κ2) is 9.02. The van der Waals surface area contributed by atoms with Gasteiger partial charge in [-0.05, 0) is 23.8 Å². The molecule has 0 spiro atoms. The van der Waals surface area contributed by atoms with Crippen molar-refractivity contribution >= 4 is 11.6 Å². The van der Waals surface area contributed by atoms with Crippen LogP contribution in [0.3, 0.4) is 0 Å². The minimum Gasteiger partial charge on any atom is -0.454 e. The number of carbonyl (C=O) groups excluding carboxylic acids is 1. The van der Waals surface area contributed by atoms with Gasteiger partial charge in [-0.25, -0.2) is 0 Å². The first-order chi connectivity index (χ1) is 16.6. The molecule has 1 amide bonds. The molecule has 1 N–H and O–H groups in total. The maximum absolute atomic E-state index is 13.0. The molecule has 0 saturated carbocycles. The van der Waals surface area contributed by atoms with Gasteiger partial charge in [-0.3, -0.25) is 14.9 Å². The third-order valence-electron chi connectivity index (χ3n) is 5.28. The summed E-state index contributed by atoms with van der Waals surface area (Å²) < 4.78 is 16.1. The SMILES string of the molecule is O=C(NC(Cc1ccccc1)c1nc(-c2cccc([N+](=O)[O-])c2)no1)c1ccc2c(c1)OCO2. The molecule has 4 aromatic rings. The molecule has 34 heavy (non-hydrogen) atoms. The van der Waals surface area contributed by atoms with Gasteiger partial charge in [-0.15, -0.1) is 0 Å². The van der Waals surface area contributed by atoms with Crippen molar-refractivity contribution < 1.29 is 23.7 Å². The number of hydrogen-bond acceptors (Lipinski definition) is 8. The summed E-state index contributed by atoms with van der Waals surface area (Å²) in [6.07, 6.45) is 0.397. The molecule has 1 unspecified atom stereocenters. The number of non-ortho nitro benzene ring substituents is 1. The van der Waals surface area contributed by atoms with Crippen LogP contribution >= 0.6 is 0 Å². The Balaban J connectivity index is 1.43. The Kier molecular flexibility index (Phi) is 5.61. The molecule has 0 aliphatic carbocycles. The van der Waals surface area contributed by atoms with E-state index in [1.165, 1.54) is 12.1 Å². The number of ether oxygens (including phenoxy) is 2. The average Bonchev–Trinajstić information content (AvgIpc) is 3.54. The highest BCUT2D eigenvalue weighted by atomic mass is 16.7. The second-order valence-corrected chi connectivity index (χ2v) is 7.55. The molecule has 0 fully saturated rings. The minimum absolute atomic E-state index is 0.0826. The lowest BCUT2D eigenvalue weighted by atomic mass is 10.0. The van der Waals surface area contributed by atoms with E-state index in [0.717, 1.165) is 5.56 Å². The van der Waals surface area contributed by atoms with E-state index in [1.807, 2.05) is 30.3 Å². The van der Waals surface area contributed by atoms with Crippen molar-refractivity contribution in [1.29, 1.82) is 0 Å². The van der Waals surface area contributed by atoms with Crippen LogP contribution in [0.25, 0.3) is 11.4 Å². The lowest BCUT2D eigenvalue weighted by Crippen LogP contribution is -2.30. The Labute approximate surface area is 193 Å². The number of nitrogens with one attached hydrogen (secondary N) is 1. The lowest BCUT2D eigenvalue weighted by Gasteiger charge is -2.15. The van der Waals surface area contributed by atoms with Gasteiger partial charge in [0.2, 0.25) is 18.5 Å². The van der Waals surface area contributed by atoms with E-state index in [9.17, 15) is 14.9 Å². The number of nitro groups is 1. The van der Waals surface area contributed by atoms with Crippen molar-refractivity contribution in [2.45, 2.75) is 12.5 Å². The van der Waals surface area contributed by atoms with Gasteiger partial charge in [-0.1, -0.05) is 47.6 Å². The molecule has 0 bridgehead atoms. The number of fused-ring (bicyclic) bond motifs is 1. The molecule has 1 aliphatic rings. The van der Waals surface area contributed by atoms with Crippen LogP contribution in [0.2, 0.25) is 0 Å². The molecular weight excluding hydrogens is 440 g/mol. The van der Waals surface area contributed by atoms with Crippen LogP contribution in [0.5, 0.6) is 11.5 Å². The highest BCUT2D eigenvalue weighted by Crippen LogP contribution is 2.33. The Morgan fingerprint density at radius 1 is 1.03 bits per heavy atom. The molecule has 0 saturated heterocycles. The smallest absolute Gasteiger partial charge is 0.270 e. The van der Waals surface area contributed by atoms with E-state index in [0.29, 0.717) is 29.0 Å². The lowest BCUT2D eigenvalue weighted by molar-refractivity contribution is -0.384. The van der Waals surface area contributed by atoms with Gasteiger partial charge >= 0.3 is 0 Å². The molecular formula is C24H18N4O6. The number of hydrogen-bond donors (Lipinski definition) is 1. The van der Waals surface area contributed by atoms with Crippen LogP contribution in [0.4, 0.5) is 5.69 Å². The second-order valence-electron chi connectivity index (χ2n) is 7.55. The minimum atomic E-state index is -0.639. The predicted molar refractivity (Wildman–Crippen MR) is 119 cm³/mol. The molecule has 1 aromatic heterocycles. The van der Waals surface area contributed by atoms with Crippen molar-refractivity contribution in [2.24, 2.45) is 0 Å². The normalized spacial score (nSPS) is 12.8. The Morgan fingerprint density at radius 3 is 2.68 bits per heavy atom. The molecule has 0 radical (unpaired) electrons. The maximum Gasteiger partial charge on any atom is 0.270 e. The van der Waals surface area contributed by atoms with Gasteiger partial charge in [0.25, 0.3) is 11.6 Å². The van der Waals surface area contributed by atoms with Crippen LogP contribution < -0.4 is 14.8 Å². The van der Waals surface area contributed by atoms with E-state index < -0.39 is 11.0 Å². The highest BCUT2D eigenvalue weighted by Gasteiger charge is 2.24. The summed E-state index contributed by atoms with van der Waals surface area (Å²) in [7, 11) is 0. The first-order valence-electron chi connectivity index (χ1n) is 10.4. The standard InChI is InChI=1S/C24H18N4O6/c29-23(17-9-10-20-21(13-17)33-14-32-20)25-19(11-15-5-2-1-3-6-15)24-26-22(27-34-24)16-7-4-8-18(12-16)28(30)31/h1-10,12-13,19H,11,14H2,(H,25,29). The number of benzene rings is 3. The van der Waals surface area contributed by atoms with Crippen LogP contribution in [-0.2, 0) is 6.42 Å². The van der Waals surface area contributed by atoms with Crippen molar-refractivity contribution in [2.75, 3.05) is 6.79 Å². The fraction of sp³-hybridized carbons (Fsp3) is 0.125. The van der Waals surface area contributed by atoms with Crippen molar-refractivity contribution in [3.8, 4) is 22.9 Å². The summed E-state index contributed by atoms with van der Waals surface area (Å²) in [6.45, 7) is 0.111. The number of amides is 1. The zero-order chi connectivity index (χ0) is 23.5. The topological polar surface area (TPSA) is 130 Å². The zero-order valence-corrected chi connectivity index (χ0v) is 17.7. The Morgan fingerprint density at radius 2 is 1.85 bits per heavy atom. The van der Waals surface area contributed by atoms with Crippen molar-refractivity contribution in [3.05, 3.63) is 99.9 Å². The summed E-state index contributed by atoms with van der Waals surface area (Å²) in [5, 5.41) is 18.0. The van der Waals surface area contributed by atoms with Gasteiger partial charge in [-0.2, -0.15) is 4.98 Å². The van der Waals surface area contributed by atoms with Gasteiger partial charge in [0.1, 0.15) is 6.04 Å². The van der Waals surface area contributed by atoms with E-state index >= 15 is 0 Å². The highest BCUT2D eigenvalue weighted by molar-refractivity contribution is 5.95. The van der Waals surface area contributed by atoms with Gasteiger partial charge in [0.15, 0.2) is 11.5 Å². The van der Waals surface area contributed by atoms with E-state index in [2.05, 4.69) is 15.5 Å². The molecule has 2 heterocycles. The van der Waals surface area contributed by atoms with Gasteiger partial charge < -0.3 is 19.3 Å². The summed E-state index contributed by atoms with van der Waals surface area (Å²) in [5.41, 5.74) is 1.69. The molecule has 5 rings (SSSR count). The molecule has 10 nitrogen and oxygen atoms in total. The Bertz CT molecular complexity index is 1350. The third-order valence-corrected chi connectivity index (χ3v) is 5.28. The first kappa shape index (κ1) is 21.1. The van der Waals surface area contributed by atoms with Gasteiger partial charge in [0, 0.05) is 29.7 Å². The van der Waals surface area contributed by atoms with E-state index in [4.69, 9.17) is 14.0 Å². The maximum atomic E-state index is 13.0. The molecule has 1 aliphatic heterocycles. The van der Waals surface area contributed by atoms with Crippen LogP contribution in [0, 0.1) is 10.1 Å². The van der Waals surface area contributed by atoms with Crippen LogP contribution in [0.15, 0.2) is 77.3 Å². The quantitative estimate of drug-likeness (QED) is 0.324. The fourth-order valence-electron chi connectivity index (χ4n) is 3.58. The average molecular weight is 458 g/mol. The summed E-state index contributed by atoms with van der Waals surface area (Å²) >= 11 is 0. The third kappa shape index (κ3) is 4.42. The number of rotatable bonds is 7. The molecule has 170 valence electrons. The fourth-order valence-corrected chi connectivity index (χ4v) is 3.58. The van der Waals surface area contributed by atoms with Crippen LogP contribution in [-0.4, -0.2) is 27.8 Å². The summed E-state index contributed by atoms with van der Waals surface area (Å²) in [6, 6.07) is 19.8. The Hall–Kier alpha value is -4.73.